The molecule has 5 unspecified atom stereocenters. The van der Waals surface area contributed by atoms with Gasteiger partial charge in [0.05, 0.1) is 57.2 Å². The minimum atomic E-state index is -5.74. The van der Waals surface area contributed by atoms with Gasteiger partial charge in [-0.25, -0.2) is 13.2 Å². The lowest BCUT2D eigenvalue weighted by atomic mass is 9.88. The first-order valence-corrected chi connectivity index (χ1v) is 18.1. The molecule has 2 saturated heterocycles. The van der Waals surface area contributed by atoms with Crippen molar-refractivity contribution in [2.75, 3.05) is 33.4 Å². The van der Waals surface area contributed by atoms with Crippen LogP contribution in [0, 0.1) is 22.7 Å². The number of fused-ring (bicyclic) bond motifs is 1. The molecule has 0 saturated carbocycles. The molecule has 0 aliphatic carbocycles. The minimum absolute atomic E-state index is 0.0365. The molecule has 2 aliphatic rings. The quantitative estimate of drug-likeness (QED) is 0.252. The number of nitriles is 1. The predicted octanol–water partition coefficient (Wildman–Crippen LogP) is 2.33. The Labute approximate surface area is 275 Å². The Kier molecular flexibility index (Phi) is 12.4. The van der Waals surface area contributed by atoms with Crippen LogP contribution in [0.1, 0.15) is 38.7 Å². The summed E-state index contributed by atoms with van der Waals surface area (Å²) in [5.74, 6) is 0.239. The molecule has 2 heterocycles. The van der Waals surface area contributed by atoms with Crippen molar-refractivity contribution >= 4 is 23.9 Å². The number of carbonyl (C=O) groups excluding carboxylic acids is 1. The van der Waals surface area contributed by atoms with E-state index in [1.165, 1.54) is 31.4 Å². The highest BCUT2D eigenvalue weighted by molar-refractivity contribution is 7.89. The largest absolute Gasteiger partial charge is 0.790 e. The van der Waals surface area contributed by atoms with Crippen LogP contribution < -0.4 is 19.8 Å². The second-order valence-corrected chi connectivity index (χ2v) is 15.3. The highest BCUT2D eigenvalue weighted by Crippen LogP contribution is 2.35. The van der Waals surface area contributed by atoms with Gasteiger partial charge < -0.3 is 43.1 Å². The van der Waals surface area contributed by atoms with E-state index < -0.39 is 60.4 Å². The fraction of sp³-hybridized carbons (Fsp3) is 0.548. The van der Waals surface area contributed by atoms with Gasteiger partial charge in [0.25, 0.3) is 0 Å². The van der Waals surface area contributed by atoms with E-state index in [1.54, 1.807) is 44.2 Å². The number of nitrogens with one attached hydrogen (secondary N) is 1. The van der Waals surface area contributed by atoms with E-state index in [2.05, 4.69) is 11.4 Å². The fourth-order valence-electron chi connectivity index (χ4n) is 5.71. The zero-order valence-electron chi connectivity index (χ0n) is 26.5. The monoisotopic (exact) mass is 693 g/mol. The molecule has 0 bridgehead atoms. The Balaban J connectivity index is 1.69. The van der Waals surface area contributed by atoms with Crippen LogP contribution in [0.2, 0.25) is 0 Å². The van der Waals surface area contributed by atoms with Crippen molar-refractivity contribution in [1.82, 2.24) is 9.62 Å². The smallest absolute Gasteiger partial charge is 0.407 e. The highest BCUT2D eigenvalue weighted by Gasteiger charge is 2.44. The molecule has 258 valence electrons. The van der Waals surface area contributed by atoms with Crippen LogP contribution in [0.5, 0.6) is 5.75 Å². The SMILES string of the molecule is COc1ccc(S(=O)(=O)N(CC(OP(=O)([O-])[O-])C(Cc2ccccc2)NC(=O)OC2COC3OCCC23)CC(C)(C)CCC#N)cc1. The number of nitrogens with zero attached hydrogens (tertiary/aromatic N) is 2. The number of alkyl carbamates (subject to hydrolysis) is 1. The van der Waals surface area contributed by atoms with Gasteiger partial charge in [0.15, 0.2) is 6.29 Å². The van der Waals surface area contributed by atoms with Crippen molar-refractivity contribution in [3.8, 4) is 11.8 Å². The molecule has 14 nitrogen and oxygen atoms in total. The fourth-order valence-corrected chi connectivity index (χ4v) is 7.90. The first kappa shape index (κ1) is 36.8. The molecule has 2 aromatic rings. The molecule has 5 atom stereocenters. The molecule has 16 heteroatoms. The first-order valence-electron chi connectivity index (χ1n) is 15.2. The van der Waals surface area contributed by atoms with Gasteiger partial charge in [0.2, 0.25) is 10.0 Å². The number of methoxy groups -OCH3 is 1. The summed E-state index contributed by atoms with van der Waals surface area (Å²) in [4.78, 5) is 37.4. The van der Waals surface area contributed by atoms with Gasteiger partial charge in [-0.05, 0) is 54.5 Å². The highest BCUT2D eigenvalue weighted by atomic mass is 32.2. The molecule has 2 aliphatic heterocycles. The van der Waals surface area contributed by atoms with Gasteiger partial charge >= 0.3 is 6.09 Å². The molecule has 0 radical (unpaired) electrons. The van der Waals surface area contributed by atoms with Crippen LogP contribution in [0.4, 0.5) is 4.79 Å². The van der Waals surface area contributed by atoms with Crippen molar-refractivity contribution < 1.29 is 51.0 Å². The molecule has 1 N–H and O–H groups in total. The maximum atomic E-state index is 14.1. The summed E-state index contributed by atoms with van der Waals surface area (Å²) in [6, 6.07) is 15.1. The van der Waals surface area contributed by atoms with Gasteiger partial charge in [0, 0.05) is 19.5 Å². The average molecular weight is 694 g/mol. The zero-order chi connectivity index (χ0) is 34.2. The van der Waals surface area contributed by atoms with Crippen molar-refractivity contribution in [3.63, 3.8) is 0 Å². The number of phosphoric ester groups is 1. The van der Waals surface area contributed by atoms with Crippen LogP contribution >= 0.6 is 7.82 Å². The Hall–Kier alpha value is -3.06. The normalized spacial score (nSPS) is 21.1. The predicted molar refractivity (Wildman–Crippen MR) is 164 cm³/mol. The number of hydrogen-bond donors (Lipinski definition) is 1. The van der Waals surface area contributed by atoms with Gasteiger partial charge in [-0.3, -0.25) is 0 Å². The number of phosphoric acid groups is 1. The summed E-state index contributed by atoms with van der Waals surface area (Å²) in [5.41, 5.74) is -0.118. The molecular weight excluding hydrogens is 653 g/mol. The van der Waals surface area contributed by atoms with E-state index in [-0.39, 0.29) is 36.8 Å². The lowest BCUT2D eigenvalue weighted by Gasteiger charge is -2.40. The van der Waals surface area contributed by atoms with Crippen LogP contribution in [0.25, 0.3) is 0 Å². The molecule has 2 fully saturated rings. The van der Waals surface area contributed by atoms with E-state index >= 15 is 0 Å². The zero-order valence-corrected chi connectivity index (χ0v) is 28.2. The summed E-state index contributed by atoms with van der Waals surface area (Å²) < 4.78 is 68.3. The van der Waals surface area contributed by atoms with Crippen LogP contribution in [0.3, 0.4) is 0 Å². The van der Waals surface area contributed by atoms with Gasteiger partial charge in [-0.15, -0.1) is 0 Å². The van der Waals surface area contributed by atoms with E-state index in [0.717, 1.165) is 4.31 Å². The molecule has 47 heavy (non-hydrogen) atoms. The molecule has 4 rings (SSSR count). The maximum Gasteiger partial charge on any atom is 0.407 e. The lowest BCUT2D eigenvalue weighted by molar-refractivity contribution is -0.345. The van der Waals surface area contributed by atoms with Gasteiger partial charge in [0.1, 0.15) is 11.9 Å². The number of carbonyl (C=O) groups is 1. The average Bonchev–Trinajstić information content (AvgIpc) is 3.64. The number of ether oxygens (including phenoxy) is 4. The van der Waals surface area contributed by atoms with Crippen molar-refractivity contribution in [2.24, 2.45) is 11.3 Å². The number of benzene rings is 2. The number of amides is 1. The molecular formula is C31H40N3O11PS-2. The first-order chi connectivity index (χ1) is 22.2. The van der Waals surface area contributed by atoms with E-state index in [1.807, 2.05) is 0 Å². The minimum Gasteiger partial charge on any atom is -0.790 e. The third-order valence-corrected chi connectivity index (χ3v) is 10.5. The standard InChI is InChI=1S/C31H42N3O11PS/c1-31(2,15-7-16-32)21-34(47(39,40)24-12-10-23(41-3)11-13-24)19-27(45-46(36,37)38)26(18-22-8-5-4-6-9-22)33-30(35)44-28-20-43-29-25(28)14-17-42-29/h4-6,8-13,25-29H,7,14-15,17-21H2,1-3H3,(H,33,35)(H2,36,37,38)/p-2. The molecule has 1 amide bonds. The van der Waals surface area contributed by atoms with Crippen LogP contribution in [0.15, 0.2) is 59.5 Å². The molecule has 0 spiro atoms. The number of rotatable bonds is 16. The van der Waals surface area contributed by atoms with E-state index in [0.29, 0.717) is 30.8 Å². The van der Waals surface area contributed by atoms with Crippen molar-refractivity contribution in [1.29, 1.82) is 5.26 Å². The second-order valence-electron chi connectivity index (χ2n) is 12.3. The Morgan fingerprint density at radius 3 is 2.51 bits per heavy atom. The Bertz CT molecular complexity index is 1530. The summed E-state index contributed by atoms with van der Waals surface area (Å²) >= 11 is 0. The summed E-state index contributed by atoms with van der Waals surface area (Å²) in [6.07, 6.45) is -2.67. The van der Waals surface area contributed by atoms with Gasteiger partial charge in [-0.1, -0.05) is 44.2 Å². The van der Waals surface area contributed by atoms with E-state index in [9.17, 15) is 32.8 Å². The third kappa shape index (κ3) is 10.5. The molecule has 2 aromatic carbocycles. The number of sulfonamides is 1. The van der Waals surface area contributed by atoms with Crippen molar-refractivity contribution in [2.45, 2.75) is 69.0 Å². The van der Waals surface area contributed by atoms with Crippen LogP contribution in [-0.2, 0) is 39.7 Å². The van der Waals surface area contributed by atoms with Crippen LogP contribution in [-0.4, -0.2) is 76.8 Å². The lowest BCUT2D eigenvalue weighted by Crippen LogP contribution is -2.53. The Morgan fingerprint density at radius 1 is 1.17 bits per heavy atom. The van der Waals surface area contributed by atoms with E-state index in [4.69, 9.17) is 23.5 Å². The number of hydrogen-bond acceptors (Lipinski definition) is 12. The summed E-state index contributed by atoms with van der Waals surface area (Å²) in [6.45, 7) is 3.29. The van der Waals surface area contributed by atoms with Crippen molar-refractivity contribution in [3.05, 3.63) is 60.2 Å². The third-order valence-electron chi connectivity index (χ3n) is 8.16. The maximum absolute atomic E-state index is 14.1. The topological polar surface area (TPSA) is 200 Å². The van der Waals surface area contributed by atoms with Gasteiger partial charge in [-0.2, -0.15) is 9.57 Å². The molecule has 0 aromatic heterocycles. The Morgan fingerprint density at radius 2 is 1.87 bits per heavy atom. The summed E-state index contributed by atoms with van der Waals surface area (Å²) in [5, 5.41) is 11.8. The second kappa shape index (κ2) is 15.9. The summed E-state index contributed by atoms with van der Waals surface area (Å²) in [7, 11) is -8.65.